The molecule has 1 N–H and O–H groups in total. The molecule has 1 rings (SSSR count). The van der Waals surface area contributed by atoms with Crippen LogP contribution >= 0.6 is 0 Å². The Balaban J connectivity index is 2.21. The van der Waals surface area contributed by atoms with E-state index in [1.165, 1.54) is 12.8 Å². The fraction of sp³-hybridized carbons (Fsp3) is 0.750. The van der Waals surface area contributed by atoms with Crippen molar-refractivity contribution in [1.82, 2.24) is 4.90 Å². The van der Waals surface area contributed by atoms with Crippen molar-refractivity contribution >= 4 is 0 Å². The number of nitrogens with zero attached hydrogens (tertiary/aromatic N) is 1. The first-order valence-electron chi connectivity index (χ1n) is 3.67. The minimum atomic E-state index is 0.220. The van der Waals surface area contributed by atoms with E-state index in [0.29, 0.717) is 12.6 Å². The molecule has 0 aromatic heterocycles. The molecule has 56 valence electrons. The van der Waals surface area contributed by atoms with Crippen LogP contribution in [0, 0.1) is 12.3 Å². The van der Waals surface area contributed by atoms with Crippen LogP contribution < -0.4 is 0 Å². The maximum atomic E-state index is 8.63. The molecule has 2 nitrogen and oxygen atoms in total. The normalized spacial score (nSPS) is 17.3. The summed E-state index contributed by atoms with van der Waals surface area (Å²) in [7, 11) is 0. The molecular weight excluding hydrogens is 126 g/mol. The Hall–Kier alpha value is -0.520. The van der Waals surface area contributed by atoms with Crippen LogP contribution in [-0.4, -0.2) is 35.7 Å². The molecular formula is C8H13NO. The molecule has 0 aromatic rings. The third-order valence-electron chi connectivity index (χ3n) is 1.74. The van der Waals surface area contributed by atoms with Gasteiger partial charge in [-0.1, -0.05) is 5.92 Å². The summed E-state index contributed by atoms with van der Waals surface area (Å²) in [6.07, 6.45) is 7.66. The van der Waals surface area contributed by atoms with Gasteiger partial charge in [0.2, 0.25) is 0 Å². The van der Waals surface area contributed by atoms with Gasteiger partial charge in [-0.25, -0.2) is 0 Å². The second kappa shape index (κ2) is 3.60. The van der Waals surface area contributed by atoms with E-state index in [9.17, 15) is 0 Å². The Morgan fingerprint density at radius 1 is 1.60 bits per heavy atom. The molecule has 1 aliphatic rings. The predicted octanol–water partition coefficient (Wildman–Crippen LogP) is 0.0763. The van der Waals surface area contributed by atoms with Crippen LogP contribution in [-0.2, 0) is 0 Å². The first kappa shape index (κ1) is 7.59. The molecule has 2 heteroatoms. The molecule has 1 saturated carbocycles. The summed E-state index contributed by atoms with van der Waals surface area (Å²) in [5.41, 5.74) is 0. The molecule has 1 fully saturated rings. The van der Waals surface area contributed by atoms with Crippen molar-refractivity contribution in [3.8, 4) is 12.3 Å². The maximum absolute atomic E-state index is 8.63. The van der Waals surface area contributed by atoms with Gasteiger partial charge in [-0.3, -0.25) is 4.90 Å². The van der Waals surface area contributed by atoms with Crippen molar-refractivity contribution in [2.45, 2.75) is 18.9 Å². The van der Waals surface area contributed by atoms with Crippen LogP contribution in [0.3, 0.4) is 0 Å². The number of aliphatic hydroxyl groups excluding tert-OH is 1. The summed E-state index contributed by atoms with van der Waals surface area (Å²) in [6.45, 7) is 1.64. The first-order chi connectivity index (χ1) is 4.88. The van der Waals surface area contributed by atoms with Gasteiger partial charge in [0.15, 0.2) is 0 Å². The molecule has 0 heterocycles. The van der Waals surface area contributed by atoms with Gasteiger partial charge < -0.3 is 5.11 Å². The summed E-state index contributed by atoms with van der Waals surface area (Å²) < 4.78 is 0. The van der Waals surface area contributed by atoms with Crippen LogP contribution in [0.4, 0.5) is 0 Å². The highest BCUT2D eigenvalue weighted by atomic mass is 16.3. The number of aliphatic hydroxyl groups is 1. The minimum Gasteiger partial charge on any atom is -0.395 e. The molecule has 0 amide bonds. The first-order valence-corrected chi connectivity index (χ1v) is 3.67. The zero-order valence-corrected chi connectivity index (χ0v) is 6.08. The summed E-state index contributed by atoms with van der Waals surface area (Å²) in [5.74, 6) is 2.59. The van der Waals surface area contributed by atoms with Crippen LogP contribution in [0.25, 0.3) is 0 Å². The fourth-order valence-corrected chi connectivity index (χ4v) is 1.08. The van der Waals surface area contributed by atoms with Crippen molar-refractivity contribution in [3.63, 3.8) is 0 Å². The molecule has 10 heavy (non-hydrogen) atoms. The Morgan fingerprint density at radius 2 is 2.30 bits per heavy atom. The highest BCUT2D eigenvalue weighted by Crippen LogP contribution is 2.25. The van der Waals surface area contributed by atoms with E-state index in [1.807, 2.05) is 0 Å². The lowest BCUT2D eigenvalue weighted by Crippen LogP contribution is -2.29. The maximum Gasteiger partial charge on any atom is 0.0602 e. The largest absolute Gasteiger partial charge is 0.395 e. The summed E-state index contributed by atoms with van der Waals surface area (Å²) >= 11 is 0. The smallest absolute Gasteiger partial charge is 0.0602 e. The summed E-state index contributed by atoms with van der Waals surface area (Å²) in [4.78, 5) is 2.15. The zero-order chi connectivity index (χ0) is 7.40. The molecule has 0 unspecified atom stereocenters. The standard InChI is InChI=1S/C8H13NO/c1-2-5-9(6-7-10)8-3-4-8/h1,8,10H,3-7H2. The number of hydrogen-bond acceptors (Lipinski definition) is 2. The molecule has 0 radical (unpaired) electrons. The van der Waals surface area contributed by atoms with E-state index in [2.05, 4.69) is 10.8 Å². The minimum absolute atomic E-state index is 0.220. The van der Waals surface area contributed by atoms with Crippen LogP contribution in [0.1, 0.15) is 12.8 Å². The second-order valence-corrected chi connectivity index (χ2v) is 2.63. The predicted molar refractivity (Wildman–Crippen MR) is 40.5 cm³/mol. The van der Waals surface area contributed by atoms with Crippen molar-refractivity contribution < 1.29 is 5.11 Å². The van der Waals surface area contributed by atoms with Crippen molar-refractivity contribution in [1.29, 1.82) is 0 Å². The lowest BCUT2D eigenvalue weighted by Gasteiger charge is -2.16. The van der Waals surface area contributed by atoms with E-state index < -0.39 is 0 Å². The van der Waals surface area contributed by atoms with Gasteiger partial charge in [0.1, 0.15) is 0 Å². The number of terminal acetylenes is 1. The molecule has 0 bridgehead atoms. The Morgan fingerprint density at radius 3 is 2.70 bits per heavy atom. The third-order valence-corrected chi connectivity index (χ3v) is 1.74. The second-order valence-electron chi connectivity index (χ2n) is 2.63. The van der Waals surface area contributed by atoms with Crippen LogP contribution in [0.5, 0.6) is 0 Å². The van der Waals surface area contributed by atoms with Crippen molar-refractivity contribution in [3.05, 3.63) is 0 Å². The van der Waals surface area contributed by atoms with Gasteiger partial charge in [0, 0.05) is 12.6 Å². The summed E-state index contributed by atoms with van der Waals surface area (Å²) in [6, 6.07) is 0.670. The molecule has 0 spiro atoms. The number of rotatable bonds is 4. The van der Waals surface area contributed by atoms with E-state index in [-0.39, 0.29) is 6.61 Å². The number of hydrogen-bond donors (Lipinski definition) is 1. The Kier molecular flexibility index (Phi) is 2.73. The molecule has 0 aromatic carbocycles. The average Bonchev–Trinajstić information content (AvgIpc) is 2.69. The fourth-order valence-electron chi connectivity index (χ4n) is 1.08. The van der Waals surface area contributed by atoms with Crippen LogP contribution in [0.2, 0.25) is 0 Å². The lowest BCUT2D eigenvalue weighted by molar-refractivity contribution is 0.204. The third kappa shape index (κ3) is 2.02. The van der Waals surface area contributed by atoms with Crippen LogP contribution in [0.15, 0.2) is 0 Å². The topological polar surface area (TPSA) is 23.5 Å². The lowest BCUT2D eigenvalue weighted by atomic mass is 10.4. The molecule has 0 aliphatic heterocycles. The van der Waals surface area contributed by atoms with E-state index in [4.69, 9.17) is 11.5 Å². The van der Waals surface area contributed by atoms with Gasteiger partial charge in [0.25, 0.3) is 0 Å². The quantitative estimate of drug-likeness (QED) is 0.557. The molecule has 1 aliphatic carbocycles. The summed E-state index contributed by atoms with van der Waals surface area (Å²) in [5, 5.41) is 8.63. The van der Waals surface area contributed by atoms with Crippen molar-refractivity contribution in [2.24, 2.45) is 0 Å². The van der Waals surface area contributed by atoms with Gasteiger partial charge >= 0.3 is 0 Å². The Bertz CT molecular complexity index is 135. The molecule has 0 saturated heterocycles. The van der Waals surface area contributed by atoms with Gasteiger partial charge in [-0.15, -0.1) is 6.42 Å². The SMILES string of the molecule is C#CCN(CCO)C1CC1. The zero-order valence-electron chi connectivity index (χ0n) is 6.08. The van der Waals surface area contributed by atoms with E-state index in [1.54, 1.807) is 0 Å². The average molecular weight is 139 g/mol. The highest BCUT2D eigenvalue weighted by molar-refractivity contribution is 4.94. The van der Waals surface area contributed by atoms with E-state index in [0.717, 1.165) is 6.54 Å². The highest BCUT2D eigenvalue weighted by Gasteiger charge is 2.27. The molecule has 0 atom stereocenters. The van der Waals surface area contributed by atoms with Gasteiger partial charge in [0.05, 0.1) is 13.2 Å². The van der Waals surface area contributed by atoms with Crippen molar-refractivity contribution in [2.75, 3.05) is 19.7 Å². The monoisotopic (exact) mass is 139 g/mol. The van der Waals surface area contributed by atoms with Gasteiger partial charge in [-0.05, 0) is 12.8 Å². The van der Waals surface area contributed by atoms with E-state index >= 15 is 0 Å². The Labute approximate surface area is 61.8 Å². The van der Waals surface area contributed by atoms with Gasteiger partial charge in [-0.2, -0.15) is 0 Å².